The molecule has 0 fully saturated rings. The normalized spacial score (nSPS) is 12.3. The summed E-state index contributed by atoms with van der Waals surface area (Å²) in [6, 6.07) is 8.08. The monoisotopic (exact) mass is 419 g/mol. The van der Waals surface area contributed by atoms with Gasteiger partial charge in [-0.2, -0.15) is 0 Å². The zero-order valence-corrected chi connectivity index (χ0v) is 19.0. The molecule has 5 heteroatoms. The molecule has 0 amide bonds. The minimum absolute atomic E-state index is 0.288. The zero-order chi connectivity index (χ0) is 22.4. The number of hydrogen-bond donors (Lipinski definition) is 1. The Bertz CT molecular complexity index is 1180. The number of phenolic OH excluding ortho intramolecular Hbond substituents is 1. The van der Waals surface area contributed by atoms with Crippen LogP contribution in [0.15, 0.2) is 24.3 Å². The summed E-state index contributed by atoms with van der Waals surface area (Å²) in [7, 11) is 1.68. The number of nitrogens with zero attached hydrogens (tertiary/aromatic N) is 1. The Labute approximate surface area is 183 Å². The van der Waals surface area contributed by atoms with Crippen molar-refractivity contribution in [1.82, 2.24) is 4.57 Å². The molecule has 1 N–H and O–H groups in total. The van der Waals surface area contributed by atoms with Gasteiger partial charge in [0.1, 0.15) is 11.5 Å². The van der Waals surface area contributed by atoms with Gasteiger partial charge >= 0.3 is 5.97 Å². The van der Waals surface area contributed by atoms with Gasteiger partial charge in [-0.3, -0.25) is 0 Å². The van der Waals surface area contributed by atoms with E-state index in [1.54, 1.807) is 7.11 Å². The van der Waals surface area contributed by atoms with Crippen molar-refractivity contribution in [3.63, 3.8) is 0 Å². The summed E-state index contributed by atoms with van der Waals surface area (Å²) < 4.78 is 13.3. The standard InChI is InChI=1S/C26H29NO4/c1-7-31-26(29)23-22(19-10-15(3)25(28)16(4)11-19)17(5)27-9-8-18-13-21(30-6)14(2)12-20(18)24(23)27/h10-13,28H,7-9H2,1-6H3. The molecule has 1 aliphatic rings. The zero-order valence-electron chi connectivity index (χ0n) is 19.0. The smallest absolute Gasteiger partial charge is 0.340 e. The Morgan fingerprint density at radius 1 is 1.06 bits per heavy atom. The predicted molar refractivity (Wildman–Crippen MR) is 122 cm³/mol. The second-order valence-corrected chi connectivity index (χ2v) is 8.24. The van der Waals surface area contributed by atoms with E-state index in [9.17, 15) is 9.90 Å². The third kappa shape index (κ3) is 3.29. The first-order valence-corrected chi connectivity index (χ1v) is 10.7. The minimum atomic E-state index is -0.320. The summed E-state index contributed by atoms with van der Waals surface area (Å²) in [5.41, 5.74) is 9.14. The first kappa shape index (κ1) is 21.0. The first-order chi connectivity index (χ1) is 14.8. The molecule has 5 nitrogen and oxygen atoms in total. The summed E-state index contributed by atoms with van der Waals surface area (Å²) in [5, 5.41) is 10.3. The molecule has 0 aliphatic carbocycles. The van der Waals surface area contributed by atoms with Crippen LogP contribution < -0.4 is 4.74 Å². The third-order valence-corrected chi connectivity index (χ3v) is 6.26. The number of ether oxygens (including phenoxy) is 2. The summed E-state index contributed by atoms with van der Waals surface area (Å²) in [6.07, 6.45) is 0.865. The average Bonchev–Trinajstić information content (AvgIpc) is 3.04. The molecular weight excluding hydrogens is 390 g/mol. The maximum absolute atomic E-state index is 13.3. The van der Waals surface area contributed by atoms with Gasteiger partial charge in [0.2, 0.25) is 0 Å². The molecule has 2 aromatic carbocycles. The largest absolute Gasteiger partial charge is 0.507 e. The Balaban J connectivity index is 2.06. The van der Waals surface area contributed by atoms with Crippen LogP contribution in [0.25, 0.3) is 22.4 Å². The molecule has 0 unspecified atom stereocenters. The van der Waals surface area contributed by atoms with Crippen molar-refractivity contribution in [2.45, 2.75) is 47.6 Å². The molecule has 1 aliphatic heterocycles. The van der Waals surface area contributed by atoms with Crippen molar-refractivity contribution in [3.05, 3.63) is 57.8 Å². The molecule has 0 spiro atoms. The van der Waals surface area contributed by atoms with Gasteiger partial charge in [0.25, 0.3) is 0 Å². The average molecular weight is 420 g/mol. The van der Waals surface area contributed by atoms with E-state index >= 15 is 0 Å². The predicted octanol–water partition coefficient (Wildman–Crippen LogP) is 5.50. The number of carbonyl (C=O) groups excluding carboxylic acids is 1. The van der Waals surface area contributed by atoms with Gasteiger partial charge in [0, 0.05) is 23.4 Å². The van der Waals surface area contributed by atoms with Gasteiger partial charge in [-0.15, -0.1) is 0 Å². The van der Waals surface area contributed by atoms with Crippen LogP contribution in [-0.2, 0) is 17.7 Å². The molecule has 31 heavy (non-hydrogen) atoms. The van der Waals surface area contributed by atoms with Crippen LogP contribution in [0.4, 0.5) is 0 Å². The maximum Gasteiger partial charge on any atom is 0.340 e. The first-order valence-electron chi connectivity index (χ1n) is 10.7. The Morgan fingerprint density at radius 2 is 1.74 bits per heavy atom. The number of aromatic nitrogens is 1. The Kier molecular flexibility index (Phi) is 5.29. The minimum Gasteiger partial charge on any atom is -0.507 e. The molecule has 1 aromatic heterocycles. The molecule has 4 rings (SSSR count). The van der Waals surface area contributed by atoms with Crippen molar-refractivity contribution >= 4 is 5.97 Å². The molecule has 0 atom stereocenters. The maximum atomic E-state index is 13.3. The van der Waals surface area contributed by atoms with Gasteiger partial charge in [0.15, 0.2) is 0 Å². The number of aryl methyl sites for hydroxylation is 4. The van der Waals surface area contributed by atoms with Crippen LogP contribution >= 0.6 is 0 Å². The Hall–Kier alpha value is -3.21. The van der Waals surface area contributed by atoms with E-state index in [2.05, 4.69) is 23.6 Å². The number of carbonyl (C=O) groups is 1. The summed E-state index contributed by atoms with van der Waals surface area (Å²) in [6.45, 7) is 10.8. The van der Waals surface area contributed by atoms with E-state index in [1.807, 2.05) is 39.8 Å². The molecule has 2 heterocycles. The van der Waals surface area contributed by atoms with E-state index in [0.717, 1.165) is 63.5 Å². The molecule has 162 valence electrons. The van der Waals surface area contributed by atoms with Crippen LogP contribution in [0.2, 0.25) is 0 Å². The number of fused-ring (bicyclic) bond motifs is 3. The number of rotatable bonds is 4. The van der Waals surface area contributed by atoms with Crippen LogP contribution in [0.1, 0.15) is 45.2 Å². The lowest BCUT2D eigenvalue weighted by Crippen LogP contribution is -2.15. The van der Waals surface area contributed by atoms with Crippen molar-refractivity contribution in [3.8, 4) is 33.9 Å². The van der Waals surface area contributed by atoms with Crippen LogP contribution in [0.5, 0.6) is 11.5 Å². The highest BCUT2D eigenvalue weighted by molar-refractivity contribution is 6.05. The van der Waals surface area contributed by atoms with Gasteiger partial charge < -0.3 is 19.1 Å². The summed E-state index contributed by atoms with van der Waals surface area (Å²) in [4.78, 5) is 13.3. The number of benzene rings is 2. The lowest BCUT2D eigenvalue weighted by atomic mass is 9.91. The second kappa shape index (κ2) is 7.80. The number of esters is 1. The van der Waals surface area contributed by atoms with Crippen molar-refractivity contribution in [1.29, 1.82) is 0 Å². The fraction of sp³-hybridized carbons (Fsp3) is 0.346. The number of methoxy groups -OCH3 is 1. The van der Waals surface area contributed by atoms with Crippen LogP contribution in [0.3, 0.4) is 0 Å². The molecule has 3 aromatic rings. The van der Waals surface area contributed by atoms with E-state index in [-0.39, 0.29) is 11.7 Å². The lowest BCUT2D eigenvalue weighted by Gasteiger charge is -2.23. The van der Waals surface area contributed by atoms with Gasteiger partial charge in [0.05, 0.1) is 25.0 Å². The fourth-order valence-corrected chi connectivity index (χ4v) is 4.76. The number of phenols is 1. The quantitative estimate of drug-likeness (QED) is 0.567. The van der Waals surface area contributed by atoms with E-state index in [1.165, 1.54) is 5.56 Å². The molecule has 0 bridgehead atoms. The van der Waals surface area contributed by atoms with E-state index in [4.69, 9.17) is 9.47 Å². The molecule has 0 saturated carbocycles. The van der Waals surface area contributed by atoms with Crippen molar-refractivity contribution < 1.29 is 19.4 Å². The molecular formula is C26H29NO4. The second-order valence-electron chi connectivity index (χ2n) is 8.24. The number of aromatic hydroxyl groups is 1. The molecule has 0 radical (unpaired) electrons. The van der Waals surface area contributed by atoms with E-state index < -0.39 is 0 Å². The van der Waals surface area contributed by atoms with E-state index in [0.29, 0.717) is 12.2 Å². The summed E-state index contributed by atoms with van der Waals surface area (Å²) >= 11 is 0. The van der Waals surface area contributed by atoms with Gasteiger partial charge in [-0.05, 0) is 93.1 Å². The topological polar surface area (TPSA) is 60.7 Å². The van der Waals surface area contributed by atoms with Crippen LogP contribution in [0, 0.1) is 27.7 Å². The van der Waals surface area contributed by atoms with Gasteiger partial charge in [-0.1, -0.05) is 0 Å². The molecule has 0 saturated heterocycles. The van der Waals surface area contributed by atoms with Crippen molar-refractivity contribution in [2.75, 3.05) is 13.7 Å². The van der Waals surface area contributed by atoms with Gasteiger partial charge in [-0.25, -0.2) is 4.79 Å². The van der Waals surface area contributed by atoms with Crippen molar-refractivity contribution in [2.24, 2.45) is 0 Å². The summed E-state index contributed by atoms with van der Waals surface area (Å²) in [5.74, 6) is 0.827. The third-order valence-electron chi connectivity index (χ3n) is 6.26. The highest BCUT2D eigenvalue weighted by Gasteiger charge is 2.32. The highest BCUT2D eigenvalue weighted by Crippen LogP contribution is 2.44. The Morgan fingerprint density at radius 3 is 2.35 bits per heavy atom. The number of hydrogen-bond acceptors (Lipinski definition) is 4. The lowest BCUT2D eigenvalue weighted by molar-refractivity contribution is 0.0528. The van der Waals surface area contributed by atoms with Crippen LogP contribution in [-0.4, -0.2) is 29.4 Å². The SMILES string of the molecule is CCOC(=O)c1c(-c2cc(C)c(O)c(C)c2)c(C)n2c1-c1cc(C)c(OC)cc1CC2. The highest BCUT2D eigenvalue weighted by atomic mass is 16.5. The fourth-order valence-electron chi connectivity index (χ4n) is 4.76.